The smallest absolute Gasteiger partial charge is 0.296 e. The van der Waals surface area contributed by atoms with Gasteiger partial charge in [0.2, 0.25) is 0 Å². The summed E-state index contributed by atoms with van der Waals surface area (Å²) in [6.07, 6.45) is -1.45. The Morgan fingerprint density at radius 2 is 1.81 bits per heavy atom. The third-order valence-corrected chi connectivity index (χ3v) is 6.36. The predicted molar refractivity (Wildman–Crippen MR) is 109 cm³/mol. The van der Waals surface area contributed by atoms with Crippen LogP contribution in [-0.2, 0) is 19.1 Å². The van der Waals surface area contributed by atoms with Crippen molar-refractivity contribution in [2.24, 2.45) is 11.8 Å². The normalized spacial score (nSPS) is 25.5. The first-order valence-electron chi connectivity index (χ1n) is 10.9. The first kappa shape index (κ1) is 23.9. The molecule has 1 aromatic carbocycles. The second-order valence-corrected chi connectivity index (χ2v) is 8.82. The maximum Gasteiger partial charge on any atom is 0.416 e. The monoisotopic (exact) mass is 445 g/mol. The maximum absolute atomic E-state index is 13.6. The van der Waals surface area contributed by atoms with Gasteiger partial charge in [-0.1, -0.05) is 50.6 Å². The highest BCUT2D eigenvalue weighted by Gasteiger charge is 2.38. The molecule has 172 valence electrons. The highest BCUT2D eigenvalue weighted by Crippen LogP contribution is 2.38. The molecule has 3 rings (SSSR count). The fraction of sp³-hybridized carbons (Fsp3) is 0.583. The minimum atomic E-state index is -4.44. The standard InChI is InChI=1S/C24H29F6N/c1-3-4-17-5-10-21(24(28,29)30)19(14-17)15-31-12-11-16(2)13-22(31)18-6-8-20(9-7-18)23(25,26)27/h5-6,8-10,14,16,18,22H,3-4,7,11-13,15H2,1-2H3/t16-,18?,22+/m0/s1. The van der Waals surface area contributed by atoms with Crippen LogP contribution in [-0.4, -0.2) is 23.7 Å². The lowest BCUT2D eigenvalue weighted by molar-refractivity contribution is -0.138. The number of halogens is 6. The summed E-state index contributed by atoms with van der Waals surface area (Å²) < 4.78 is 79.8. The van der Waals surface area contributed by atoms with Crippen LogP contribution in [0, 0.1) is 11.8 Å². The van der Waals surface area contributed by atoms with Crippen LogP contribution >= 0.6 is 0 Å². The Bertz CT molecular complexity index is 820. The van der Waals surface area contributed by atoms with Gasteiger partial charge in [-0.05, 0) is 61.3 Å². The molecule has 31 heavy (non-hydrogen) atoms. The van der Waals surface area contributed by atoms with Crippen molar-refractivity contribution in [3.8, 4) is 0 Å². The Balaban J connectivity index is 1.85. The van der Waals surface area contributed by atoms with Gasteiger partial charge in [-0.2, -0.15) is 26.3 Å². The van der Waals surface area contributed by atoms with Crippen LogP contribution in [0.4, 0.5) is 26.3 Å². The second-order valence-electron chi connectivity index (χ2n) is 8.82. The van der Waals surface area contributed by atoms with Crippen LogP contribution < -0.4 is 0 Å². The molecule has 1 fully saturated rings. The summed E-state index contributed by atoms with van der Waals surface area (Å²) in [7, 11) is 0. The molecule has 1 unspecified atom stereocenters. The van der Waals surface area contributed by atoms with E-state index in [-0.39, 0.29) is 30.5 Å². The Morgan fingerprint density at radius 1 is 1.06 bits per heavy atom. The Morgan fingerprint density at radius 3 is 2.39 bits per heavy atom. The molecule has 0 bridgehead atoms. The van der Waals surface area contributed by atoms with E-state index < -0.39 is 23.5 Å². The predicted octanol–water partition coefficient (Wildman–Crippen LogP) is 7.32. The minimum Gasteiger partial charge on any atom is -0.296 e. The highest BCUT2D eigenvalue weighted by molar-refractivity contribution is 5.35. The van der Waals surface area contributed by atoms with Gasteiger partial charge >= 0.3 is 12.4 Å². The maximum atomic E-state index is 13.6. The first-order chi connectivity index (χ1) is 14.5. The van der Waals surface area contributed by atoms with Gasteiger partial charge in [0.15, 0.2) is 0 Å². The SMILES string of the molecule is CCCc1ccc(C(F)(F)F)c(CN2CC[C@H](C)C[C@@H]2C2C=CC(C(F)(F)F)=CC2)c1. The van der Waals surface area contributed by atoms with Crippen molar-refractivity contribution < 1.29 is 26.3 Å². The number of aryl methyl sites for hydroxylation is 1. The number of hydrogen-bond donors (Lipinski definition) is 0. The lowest BCUT2D eigenvalue weighted by Crippen LogP contribution is -2.46. The summed E-state index contributed by atoms with van der Waals surface area (Å²) in [5.74, 6) is 0.248. The van der Waals surface area contributed by atoms with E-state index >= 15 is 0 Å². The van der Waals surface area contributed by atoms with Crippen molar-refractivity contribution in [2.75, 3.05) is 6.54 Å². The Hall–Kier alpha value is -1.76. The molecule has 1 aliphatic carbocycles. The number of rotatable bonds is 5. The molecule has 3 atom stereocenters. The number of piperidine rings is 1. The molecule has 1 aliphatic heterocycles. The van der Waals surface area contributed by atoms with Crippen molar-refractivity contribution >= 4 is 0 Å². The zero-order valence-electron chi connectivity index (χ0n) is 17.9. The summed E-state index contributed by atoms with van der Waals surface area (Å²) in [4.78, 5) is 2.04. The number of nitrogens with zero attached hydrogens (tertiary/aromatic N) is 1. The van der Waals surface area contributed by atoms with E-state index in [4.69, 9.17) is 0 Å². The van der Waals surface area contributed by atoms with E-state index in [1.165, 1.54) is 12.1 Å². The van der Waals surface area contributed by atoms with Crippen LogP contribution in [0.1, 0.15) is 56.2 Å². The highest BCUT2D eigenvalue weighted by atomic mass is 19.4. The molecular weight excluding hydrogens is 416 g/mol. The van der Waals surface area contributed by atoms with Gasteiger partial charge in [0.05, 0.1) is 11.1 Å². The van der Waals surface area contributed by atoms with Gasteiger partial charge < -0.3 is 0 Å². The fourth-order valence-electron chi connectivity index (χ4n) is 4.72. The summed E-state index contributed by atoms with van der Waals surface area (Å²) in [6.45, 7) is 4.87. The van der Waals surface area contributed by atoms with E-state index in [0.717, 1.165) is 30.9 Å². The number of likely N-dealkylation sites (tertiary alicyclic amines) is 1. The van der Waals surface area contributed by atoms with E-state index in [0.29, 0.717) is 18.9 Å². The molecule has 1 nitrogen and oxygen atoms in total. The average Bonchev–Trinajstić information content (AvgIpc) is 2.68. The number of hydrogen-bond acceptors (Lipinski definition) is 1. The van der Waals surface area contributed by atoms with E-state index in [2.05, 4.69) is 6.92 Å². The molecule has 0 spiro atoms. The third-order valence-electron chi connectivity index (χ3n) is 6.36. The topological polar surface area (TPSA) is 3.24 Å². The molecule has 2 aliphatic rings. The van der Waals surface area contributed by atoms with Gasteiger partial charge in [0.1, 0.15) is 0 Å². The number of alkyl halides is 6. The zero-order chi connectivity index (χ0) is 22.8. The minimum absolute atomic E-state index is 0.0815. The Kier molecular flexibility index (Phi) is 7.24. The molecule has 1 heterocycles. The van der Waals surface area contributed by atoms with Crippen molar-refractivity contribution in [1.29, 1.82) is 0 Å². The molecule has 1 saturated heterocycles. The van der Waals surface area contributed by atoms with Gasteiger partial charge in [0, 0.05) is 12.6 Å². The van der Waals surface area contributed by atoms with Crippen LogP contribution in [0.5, 0.6) is 0 Å². The first-order valence-corrected chi connectivity index (χ1v) is 10.9. The summed E-state index contributed by atoms with van der Waals surface area (Å²) >= 11 is 0. The van der Waals surface area contributed by atoms with Crippen LogP contribution in [0.2, 0.25) is 0 Å². The van der Waals surface area contributed by atoms with Crippen molar-refractivity contribution in [1.82, 2.24) is 4.90 Å². The second kappa shape index (κ2) is 9.39. The average molecular weight is 445 g/mol. The third kappa shape index (κ3) is 5.93. The van der Waals surface area contributed by atoms with E-state index in [9.17, 15) is 26.3 Å². The van der Waals surface area contributed by atoms with Gasteiger partial charge in [-0.3, -0.25) is 4.90 Å². The fourth-order valence-corrected chi connectivity index (χ4v) is 4.72. The van der Waals surface area contributed by atoms with Gasteiger partial charge in [-0.15, -0.1) is 0 Å². The lowest BCUT2D eigenvalue weighted by Gasteiger charge is -2.43. The summed E-state index contributed by atoms with van der Waals surface area (Å²) in [6, 6.07) is 4.28. The molecule has 0 amide bonds. The van der Waals surface area contributed by atoms with Crippen LogP contribution in [0.3, 0.4) is 0 Å². The zero-order valence-corrected chi connectivity index (χ0v) is 17.9. The van der Waals surface area contributed by atoms with Gasteiger partial charge in [0.25, 0.3) is 0 Å². The molecule has 0 saturated carbocycles. The summed E-state index contributed by atoms with van der Waals surface area (Å²) in [5, 5.41) is 0. The summed E-state index contributed by atoms with van der Waals surface area (Å²) in [5.41, 5.74) is -0.138. The molecule has 0 radical (unpaired) electrons. The van der Waals surface area contributed by atoms with Gasteiger partial charge in [-0.25, -0.2) is 0 Å². The number of benzene rings is 1. The molecule has 0 N–H and O–H groups in total. The number of allylic oxidation sites excluding steroid dienone is 3. The van der Waals surface area contributed by atoms with Crippen molar-refractivity contribution in [3.63, 3.8) is 0 Å². The molecule has 7 heteroatoms. The quantitative estimate of drug-likeness (QED) is 0.429. The largest absolute Gasteiger partial charge is 0.416 e. The van der Waals surface area contributed by atoms with Crippen molar-refractivity contribution in [2.45, 2.75) is 70.9 Å². The van der Waals surface area contributed by atoms with Crippen LogP contribution in [0.15, 0.2) is 42.0 Å². The van der Waals surface area contributed by atoms with Crippen molar-refractivity contribution in [3.05, 3.63) is 58.7 Å². The van der Waals surface area contributed by atoms with E-state index in [1.54, 1.807) is 18.2 Å². The van der Waals surface area contributed by atoms with Crippen LogP contribution in [0.25, 0.3) is 0 Å². The molecular formula is C24H29F6N. The van der Waals surface area contributed by atoms with E-state index in [1.807, 2.05) is 11.8 Å². The molecule has 1 aromatic rings. The Labute approximate surface area is 179 Å². The molecule has 0 aromatic heterocycles. The lowest BCUT2D eigenvalue weighted by atomic mass is 9.80.